The number of nitrogens with zero attached hydrogens (tertiary/aromatic N) is 1. The molecule has 0 aliphatic carbocycles. The van der Waals surface area contributed by atoms with Crippen LogP contribution >= 0.6 is 12.4 Å². The molecular formula is C15H23ClN4O2. The first-order chi connectivity index (χ1) is 10.0. The molecule has 3 amide bonds. The van der Waals surface area contributed by atoms with Crippen LogP contribution in [0.25, 0.3) is 0 Å². The van der Waals surface area contributed by atoms with Gasteiger partial charge in [0.25, 0.3) is 0 Å². The Balaban J connectivity index is 0.00000242. The molecule has 2 rings (SSSR count). The monoisotopic (exact) mass is 326 g/mol. The van der Waals surface area contributed by atoms with Crippen molar-refractivity contribution in [3.8, 4) is 0 Å². The van der Waals surface area contributed by atoms with E-state index in [1.54, 1.807) is 12.1 Å². The quantitative estimate of drug-likeness (QED) is 0.781. The summed E-state index contributed by atoms with van der Waals surface area (Å²) >= 11 is 0. The summed E-state index contributed by atoms with van der Waals surface area (Å²) in [7, 11) is 0. The number of carbonyl (C=O) groups is 2. The summed E-state index contributed by atoms with van der Waals surface area (Å²) in [5.41, 5.74) is 6.46. The number of halogens is 1. The van der Waals surface area contributed by atoms with E-state index in [9.17, 15) is 9.59 Å². The van der Waals surface area contributed by atoms with Gasteiger partial charge in [-0.1, -0.05) is 25.1 Å². The van der Waals surface area contributed by atoms with E-state index >= 15 is 0 Å². The summed E-state index contributed by atoms with van der Waals surface area (Å²) in [5, 5.41) is 4.95. The number of benzene rings is 1. The molecule has 1 unspecified atom stereocenters. The zero-order valence-corrected chi connectivity index (χ0v) is 13.5. The van der Waals surface area contributed by atoms with Crippen LogP contribution < -0.4 is 16.4 Å². The Morgan fingerprint density at radius 2 is 2.00 bits per heavy atom. The van der Waals surface area contributed by atoms with Gasteiger partial charge in [-0.05, 0) is 37.1 Å². The average Bonchev–Trinajstić information content (AvgIpc) is 2.81. The largest absolute Gasteiger partial charge is 0.330 e. The molecule has 1 atom stereocenters. The van der Waals surface area contributed by atoms with Gasteiger partial charge in [-0.25, -0.2) is 4.79 Å². The number of urea groups is 1. The van der Waals surface area contributed by atoms with Crippen LogP contribution in [-0.4, -0.2) is 43.0 Å². The minimum Gasteiger partial charge on any atom is -0.330 e. The van der Waals surface area contributed by atoms with Gasteiger partial charge in [0.15, 0.2) is 0 Å². The van der Waals surface area contributed by atoms with Gasteiger partial charge in [-0.2, -0.15) is 0 Å². The van der Waals surface area contributed by atoms with E-state index in [2.05, 4.69) is 17.6 Å². The zero-order chi connectivity index (χ0) is 15.3. The summed E-state index contributed by atoms with van der Waals surface area (Å²) in [6.07, 6.45) is 0.979. The molecule has 0 aromatic heterocycles. The van der Waals surface area contributed by atoms with Gasteiger partial charge < -0.3 is 11.1 Å². The smallest absolute Gasteiger partial charge is 0.325 e. The molecule has 0 radical (unpaired) electrons. The minimum absolute atomic E-state index is 0. The lowest BCUT2D eigenvalue weighted by Crippen LogP contribution is -2.42. The van der Waals surface area contributed by atoms with Crippen molar-refractivity contribution in [2.24, 2.45) is 11.1 Å². The van der Waals surface area contributed by atoms with Crippen LogP contribution in [0.2, 0.25) is 0 Å². The number of carbonyl (C=O) groups excluding carboxylic acids is 2. The molecule has 0 bridgehead atoms. The van der Waals surface area contributed by atoms with Crippen molar-refractivity contribution in [1.29, 1.82) is 0 Å². The van der Waals surface area contributed by atoms with Crippen molar-refractivity contribution in [3.63, 3.8) is 0 Å². The first-order valence-electron chi connectivity index (χ1n) is 7.09. The lowest BCUT2D eigenvalue weighted by Gasteiger charge is -2.22. The number of nitrogens with two attached hydrogens (primary N) is 1. The van der Waals surface area contributed by atoms with E-state index in [0.29, 0.717) is 12.2 Å². The Labute approximate surface area is 136 Å². The van der Waals surface area contributed by atoms with Crippen LogP contribution in [0.15, 0.2) is 30.3 Å². The second-order valence-electron chi connectivity index (χ2n) is 5.84. The van der Waals surface area contributed by atoms with Crippen LogP contribution in [0, 0.1) is 5.41 Å². The van der Waals surface area contributed by atoms with Crippen molar-refractivity contribution in [2.75, 3.05) is 31.5 Å². The third kappa shape index (κ3) is 5.29. The van der Waals surface area contributed by atoms with Gasteiger partial charge in [0.1, 0.15) is 0 Å². The minimum atomic E-state index is -0.507. The molecule has 22 heavy (non-hydrogen) atoms. The highest BCUT2D eigenvalue weighted by Crippen LogP contribution is 2.27. The van der Waals surface area contributed by atoms with Crippen LogP contribution in [0.4, 0.5) is 10.5 Å². The molecule has 0 spiro atoms. The second-order valence-corrected chi connectivity index (χ2v) is 5.84. The average molecular weight is 327 g/mol. The Morgan fingerprint density at radius 3 is 2.59 bits per heavy atom. The number of nitrogens with one attached hydrogen (secondary N) is 2. The third-order valence-corrected chi connectivity index (χ3v) is 3.78. The Kier molecular flexibility index (Phi) is 6.80. The van der Waals surface area contributed by atoms with Gasteiger partial charge >= 0.3 is 6.03 Å². The van der Waals surface area contributed by atoms with Crippen molar-refractivity contribution in [1.82, 2.24) is 10.2 Å². The molecule has 4 N–H and O–H groups in total. The summed E-state index contributed by atoms with van der Waals surface area (Å²) in [5.74, 6) is -0.301. The van der Waals surface area contributed by atoms with Crippen molar-refractivity contribution in [2.45, 2.75) is 13.3 Å². The number of rotatable bonds is 4. The fourth-order valence-electron chi connectivity index (χ4n) is 2.48. The maximum atomic E-state index is 11.9. The Hall–Kier alpha value is -1.63. The summed E-state index contributed by atoms with van der Waals surface area (Å²) in [6, 6.07) is 8.50. The number of hydrogen-bond acceptors (Lipinski definition) is 4. The summed E-state index contributed by atoms with van der Waals surface area (Å²) < 4.78 is 0. The van der Waals surface area contributed by atoms with E-state index in [0.717, 1.165) is 19.5 Å². The number of hydrogen-bond donors (Lipinski definition) is 3. The predicted octanol–water partition coefficient (Wildman–Crippen LogP) is 1.43. The van der Waals surface area contributed by atoms with Gasteiger partial charge in [-0.15, -0.1) is 12.4 Å². The normalized spacial score (nSPS) is 21.0. The number of imide groups is 1. The fourth-order valence-corrected chi connectivity index (χ4v) is 2.48. The summed E-state index contributed by atoms with van der Waals surface area (Å²) in [6.45, 7) is 4.57. The van der Waals surface area contributed by atoms with E-state index in [-0.39, 0.29) is 30.3 Å². The molecule has 1 aliphatic rings. The lowest BCUT2D eigenvalue weighted by atomic mass is 9.90. The van der Waals surface area contributed by atoms with Crippen molar-refractivity contribution >= 4 is 30.0 Å². The highest BCUT2D eigenvalue weighted by atomic mass is 35.5. The van der Waals surface area contributed by atoms with Crippen LogP contribution in [0.5, 0.6) is 0 Å². The number of likely N-dealkylation sites (tertiary alicyclic amines) is 1. The number of anilines is 1. The van der Waals surface area contributed by atoms with Crippen molar-refractivity contribution in [3.05, 3.63) is 30.3 Å². The third-order valence-electron chi connectivity index (χ3n) is 3.78. The Morgan fingerprint density at radius 1 is 1.32 bits per heavy atom. The van der Waals surface area contributed by atoms with E-state index in [4.69, 9.17) is 5.73 Å². The first kappa shape index (κ1) is 18.4. The highest BCUT2D eigenvalue weighted by Gasteiger charge is 2.33. The van der Waals surface area contributed by atoms with Crippen molar-refractivity contribution < 1.29 is 9.59 Å². The molecule has 122 valence electrons. The molecule has 1 heterocycles. The molecule has 1 aliphatic heterocycles. The standard InChI is InChI=1S/C15H22N4O2.ClH/c1-15(10-16)7-8-19(11-15)9-13(20)18-14(21)17-12-5-3-2-4-6-12;/h2-6H,7-11,16H2,1H3,(H2,17,18,20,21);1H. The first-order valence-corrected chi connectivity index (χ1v) is 7.09. The zero-order valence-electron chi connectivity index (χ0n) is 12.7. The molecule has 7 heteroatoms. The SMILES string of the molecule is CC1(CN)CCN(CC(=O)NC(=O)Nc2ccccc2)C1.Cl. The highest BCUT2D eigenvalue weighted by molar-refractivity contribution is 6.01. The van der Waals surface area contributed by atoms with E-state index < -0.39 is 6.03 Å². The topological polar surface area (TPSA) is 87.5 Å². The lowest BCUT2D eigenvalue weighted by molar-refractivity contribution is -0.120. The van der Waals surface area contributed by atoms with Crippen LogP contribution in [0.1, 0.15) is 13.3 Å². The molecule has 6 nitrogen and oxygen atoms in total. The maximum Gasteiger partial charge on any atom is 0.325 e. The van der Waals surface area contributed by atoms with Gasteiger partial charge in [-0.3, -0.25) is 15.0 Å². The maximum absolute atomic E-state index is 11.9. The predicted molar refractivity (Wildman–Crippen MR) is 89.1 cm³/mol. The summed E-state index contributed by atoms with van der Waals surface area (Å²) in [4.78, 5) is 25.6. The molecule has 1 aromatic rings. The van der Waals surface area contributed by atoms with E-state index in [1.807, 2.05) is 23.1 Å². The molecule has 1 saturated heterocycles. The van der Waals surface area contributed by atoms with Gasteiger partial charge in [0.05, 0.1) is 6.54 Å². The number of amides is 3. The molecular weight excluding hydrogens is 304 g/mol. The van der Waals surface area contributed by atoms with Gasteiger partial charge in [0, 0.05) is 12.2 Å². The molecule has 1 fully saturated rings. The molecule has 1 aromatic carbocycles. The van der Waals surface area contributed by atoms with Crippen LogP contribution in [0.3, 0.4) is 0 Å². The number of para-hydroxylation sites is 1. The van der Waals surface area contributed by atoms with E-state index in [1.165, 1.54) is 0 Å². The van der Waals surface area contributed by atoms with Gasteiger partial charge in [0.2, 0.25) is 5.91 Å². The van der Waals surface area contributed by atoms with Crippen LogP contribution in [-0.2, 0) is 4.79 Å². The second kappa shape index (κ2) is 8.12. The Bertz CT molecular complexity index is 512. The fraction of sp³-hybridized carbons (Fsp3) is 0.467. The molecule has 0 saturated carbocycles.